The van der Waals surface area contributed by atoms with Crippen molar-refractivity contribution in [2.24, 2.45) is 0 Å². The predicted molar refractivity (Wildman–Crippen MR) is 54.9 cm³/mol. The van der Waals surface area contributed by atoms with Crippen LogP contribution in [0.15, 0.2) is 0 Å². The third-order valence-corrected chi connectivity index (χ3v) is 5.05. The van der Waals surface area contributed by atoms with E-state index in [2.05, 4.69) is 4.72 Å². The summed E-state index contributed by atoms with van der Waals surface area (Å²) in [5, 5.41) is 8.07. The molecule has 2 rings (SSSR count). The normalized spacial score (nSPS) is 37.1. The second kappa shape index (κ2) is 4.01. The smallest absolute Gasteiger partial charge is 0.216 e. The molecule has 2 heterocycles. The van der Waals surface area contributed by atoms with Crippen LogP contribution < -0.4 is 4.72 Å². The first kappa shape index (κ1) is 11.3. The van der Waals surface area contributed by atoms with Crippen molar-refractivity contribution >= 4 is 10.0 Å². The number of rotatable bonds is 4. The summed E-state index contributed by atoms with van der Waals surface area (Å²) in [5.74, 6) is 0. The van der Waals surface area contributed by atoms with Crippen LogP contribution in [0.3, 0.4) is 0 Å². The van der Waals surface area contributed by atoms with Gasteiger partial charge in [0.15, 0.2) is 0 Å². The predicted octanol–water partition coefficient (Wildman–Crippen LogP) is -0.393. The average molecular weight is 235 g/mol. The summed E-state index contributed by atoms with van der Waals surface area (Å²) in [6.07, 6.45) is 3.01. The van der Waals surface area contributed by atoms with Gasteiger partial charge in [0.2, 0.25) is 10.0 Å². The number of nitrogens with one attached hydrogen (secondary N) is 1. The fourth-order valence-corrected chi connectivity index (χ4v) is 3.29. The molecule has 4 unspecified atom stereocenters. The number of sulfonamides is 1. The Morgan fingerprint density at radius 1 is 1.53 bits per heavy atom. The molecule has 2 aliphatic heterocycles. The van der Waals surface area contributed by atoms with Gasteiger partial charge in [-0.15, -0.1) is 0 Å². The van der Waals surface area contributed by atoms with E-state index in [1.807, 2.05) is 0 Å². The molecule has 0 aliphatic carbocycles. The van der Waals surface area contributed by atoms with Crippen LogP contribution in [0, 0.1) is 0 Å². The lowest BCUT2D eigenvalue weighted by molar-refractivity contribution is 0.0995. The standard InChI is InChI=1S/C9H17NO4S/c1-6(5-11)15(12,13)10-8-4-7-2-3-9(8)14-7/h6-11H,2-5H2,1H3. The van der Waals surface area contributed by atoms with Crippen LogP contribution >= 0.6 is 0 Å². The summed E-state index contributed by atoms with van der Waals surface area (Å²) < 4.78 is 31.5. The Kier molecular flexibility index (Phi) is 3.03. The molecule has 0 aromatic carbocycles. The molecule has 2 saturated heterocycles. The van der Waals surface area contributed by atoms with E-state index in [1.165, 1.54) is 6.92 Å². The molecule has 4 atom stereocenters. The van der Waals surface area contributed by atoms with Gasteiger partial charge in [-0.1, -0.05) is 0 Å². The van der Waals surface area contributed by atoms with Gasteiger partial charge in [0.25, 0.3) is 0 Å². The van der Waals surface area contributed by atoms with Gasteiger partial charge in [-0.3, -0.25) is 0 Å². The fourth-order valence-electron chi connectivity index (χ4n) is 2.19. The zero-order valence-electron chi connectivity index (χ0n) is 8.72. The monoisotopic (exact) mass is 235 g/mol. The Labute approximate surface area is 89.9 Å². The van der Waals surface area contributed by atoms with Crippen LogP contribution in [0.5, 0.6) is 0 Å². The highest BCUT2D eigenvalue weighted by molar-refractivity contribution is 7.90. The molecular weight excluding hydrogens is 218 g/mol. The molecule has 15 heavy (non-hydrogen) atoms. The molecular formula is C9H17NO4S. The Morgan fingerprint density at radius 2 is 2.27 bits per heavy atom. The van der Waals surface area contributed by atoms with Crippen molar-refractivity contribution in [3.8, 4) is 0 Å². The molecule has 6 heteroatoms. The first-order valence-corrected chi connectivity index (χ1v) is 6.85. The number of aliphatic hydroxyl groups is 1. The van der Waals surface area contributed by atoms with Crippen molar-refractivity contribution in [3.05, 3.63) is 0 Å². The second-order valence-corrected chi connectivity index (χ2v) is 6.50. The molecule has 0 amide bonds. The molecule has 0 aromatic rings. The van der Waals surface area contributed by atoms with Crippen molar-refractivity contribution < 1.29 is 18.3 Å². The van der Waals surface area contributed by atoms with Crippen LogP contribution in [-0.4, -0.2) is 43.6 Å². The number of hydrogen-bond donors (Lipinski definition) is 2. The summed E-state index contributed by atoms with van der Waals surface area (Å²) >= 11 is 0. The van der Waals surface area contributed by atoms with E-state index < -0.39 is 15.3 Å². The molecule has 88 valence electrons. The lowest BCUT2D eigenvalue weighted by atomic mass is 9.96. The molecule has 2 fully saturated rings. The molecule has 0 saturated carbocycles. The molecule has 0 radical (unpaired) electrons. The summed E-state index contributed by atoms with van der Waals surface area (Å²) in [7, 11) is -3.40. The SMILES string of the molecule is CC(CO)S(=O)(=O)NC1CC2CCC1O2. The lowest BCUT2D eigenvalue weighted by Crippen LogP contribution is -2.45. The maximum atomic E-state index is 11.7. The van der Waals surface area contributed by atoms with E-state index in [4.69, 9.17) is 9.84 Å². The summed E-state index contributed by atoms with van der Waals surface area (Å²) in [6.45, 7) is 1.15. The molecule has 0 spiro atoms. The van der Waals surface area contributed by atoms with Gasteiger partial charge in [-0.2, -0.15) is 0 Å². The summed E-state index contributed by atoms with van der Waals surface area (Å²) in [6, 6.07) is -0.0947. The van der Waals surface area contributed by atoms with Crippen LogP contribution in [-0.2, 0) is 14.8 Å². The van der Waals surface area contributed by atoms with Crippen molar-refractivity contribution in [3.63, 3.8) is 0 Å². The molecule has 2 aliphatic rings. The van der Waals surface area contributed by atoms with Gasteiger partial charge in [0.05, 0.1) is 30.1 Å². The topological polar surface area (TPSA) is 75.6 Å². The van der Waals surface area contributed by atoms with Gasteiger partial charge in [0, 0.05) is 0 Å². The van der Waals surface area contributed by atoms with Crippen molar-refractivity contribution in [1.29, 1.82) is 0 Å². The number of fused-ring (bicyclic) bond motifs is 2. The highest BCUT2D eigenvalue weighted by atomic mass is 32.2. The van der Waals surface area contributed by atoms with E-state index in [0.29, 0.717) is 0 Å². The second-order valence-electron chi connectivity index (χ2n) is 4.37. The number of ether oxygens (including phenoxy) is 1. The Balaban J connectivity index is 1.98. The minimum absolute atomic E-state index is 0.0377. The highest BCUT2D eigenvalue weighted by Gasteiger charge is 2.42. The maximum Gasteiger partial charge on any atom is 0.216 e. The maximum absolute atomic E-state index is 11.7. The quantitative estimate of drug-likeness (QED) is 0.695. The highest BCUT2D eigenvalue weighted by Crippen LogP contribution is 2.34. The fraction of sp³-hybridized carbons (Fsp3) is 1.00. The third kappa shape index (κ3) is 2.18. The van der Waals surface area contributed by atoms with Crippen molar-refractivity contribution in [2.45, 2.75) is 49.7 Å². The summed E-state index contributed by atoms with van der Waals surface area (Å²) in [4.78, 5) is 0. The van der Waals surface area contributed by atoms with Crippen LogP contribution in [0.2, 0.25) is 0 Å². The number of hydrogen-bond acceptors (Lipinski definition) is 4. The van der Waals surface area contributed by atoms with Gasteiger partial charge in [0.1, 0.15) is 0 Å². The molecule has 2 bridgehead atoms. The van der Waals surface area contributed by atoms with E-state index in [9.17, 15) is 8.42 Å². The van der Waals surface area contributed by atoms with Gasteiger partial charge < -0.3 is 9.84 Å². The minimum Gasteiger partial charge on any atom is -0.395 e. The Morgan fingerprint density at radius 3 is 2.73 bits per heavy atom. The minimum atomic E-state index is -3.40. The largest absolute Gasteiger partial charge is 0.395 e. The molecule has 2 N–H and O–H groups in total. The average Bonchev–Trinajstić information content (AvgIpc) is 2.77. The van der Waals surface area contributed by atoms with Gasteiger partial charge in [-0.25, -0.2) is 13.1 Å². The zero-order chi connectivity index (χ0) is 11.1. The summed E-state index contributed by atoms with van der Waals surface area (Å²) in [5.41, 5.74) is 0. The van der Waals surface area contributed by atoms with Crippen LogP contribution in [0.25, 0.3) is 0 Å². The van der Waals surface area contributed by atoms with Crippen LogP contribution in [0.1, 0.15) is 26.2 Å². The van der Waals surface area contributed by atoms with Crippen molar-refractivity contribution in [1.82, 2.24) is 4.72 Å². The van der Waals surface area contributed by atoms with Crippen LogP contribution in [0.4, 0.5) is 0 Å². The van der Waals surface area contributed by atoms with E-state index in [0.717, 1.165) is 19.3 Å². The van der Waals surface area contributed by atoms with E-state index >= 15 is 0 Å². The molecule has 5 nitrogen and oxygen atoms in total. The van der Waals surface area contributed by atoms with E-state index in [1.54, 1.807) is 0 Å². The third-order valence-electron chi connectivity index (χ3n) is 3.21. The van der Waals surface area contributed by atoms with Gasteiger partial charge >= 0.3 is 0 Å². The van der Waals surface area contributed by atoms with E-state index in [-0.39, 0.29) is 24.9 Å². The first-order valence-electron chi connectivity index (χ1n) is 5.30. The van der Waals surface area contributed by atoms with Crippen molar-refractivity contribution in [2.75, 3.05) is 6.61 Å². The Hall–Kier alpha value is -0.170. The first-order chi connectivity index (χ1) is 7.03. The zero-order valence-corrected chi connectivity index (χ0v) is 9.53. The lowest BCUT2D eigenvalue weighted by Gasteiger charge is -2.21. The Bertz CT molecular complexity index is 329. The molecule has 0 aromatic heterocycles. The number of aliphatic hydroxyl groups excluding tert-OH is 1. The van der Waals surface area contributed by atoms with Gasteiger partial charge in [-0.05, 0) is 26.2 Å².